The lowest BCUT2D eigenvalue weighted by atomic mass is 10.1. The fourth-order valence-corrected chi connectivity index (χ4v) is 5.38. The van der Waals surface area contributed by atoms with E-state index in [-0.39, 0.29) is 11.2 Å². The van der Waals surface area contributed by atoms with E-state index in [0.29, 0.717) is 17.9 Å². The number of thioether (sulfide) groups is 1. The maximum absolute atomic E-state index is 13.0. The molecule has 6 nitrogen and oxygen atoms in total. The molecule has 0 atom stereocenters. The third kappa shape index (κ3) is 7.24. The Morgan fingerprint density at radius 2 is 1.89 bits per heavy atom. The van der Waals surface area contributed by atoms with Gasteiger partial charge < -0.3 is 19.0 Å². The van der Waals surface area contributed by atoms with E-state index in [9.17, 15) is 18.0 Å². The lowest BCUT2D eigenvalue weighted by molar-refractivity contribution is -1.01. The number of alkyl halides is 3. The average molecular weight is 525 g/mol. The Balaban J connectivity index is 1.17. The Hall–Kier alpha value is -2.56. The molecule has 194 valence electrons. The van der Waals surface area contributed by atoms with Crippen LogP contribution in [-0.4, -0.2) is 45.6 Å². The molecule has 1 aliphatic rings. The van der Waals surface area contributed by atoms with Gasteiger partial charge in [-0.15, -0.1) is 11.8 Å². The van der Waals surface area contributed by atoms with Crippen molar-refractivity contribution in [1.29, 1.82) is 0 Å². The highest BCUT2D eigenvalue weighted by Crippen LogP contribution is 2.33. The summed E-state index contributed by atoms with van der Waals surface area (Å²) in [6.07, 6.45) is 1.38. The summed E-state index contributed by atoms with van der Waals surface area (Å²) in [5.41, 5.74) is -0.333. The average Bonchev–Trinajstić information content (AvgIpc) is 2.85. The third-order valence-electron chi connectivity index (χ3n) is 6.48. The number of quaternary nitrogens is 2. The predicted octanol–water partition coefficient (Wildman–Crippen LogP) is 1.88. The van der Waals surface area contributed by atoms with Crippen LogP contribution < -0.4 is 24.9 Å². The Labute approximate surface area is 212 Å². The number of benzene rings is 1. The zero-order valence-corrected chi connectivity index (χ0v) is 21.2. The molecule has 2 aromatic heterocycles. The number of rotatable bonds is 10. The zero-order valence-electron chi connectivity index (χ0n) is 20.4. The van der Waals surface area contributed by atoms with Crippen LogP contribution in [0.5, 0.6) is 5.75 Å². The topological polar surface area (TPSA) is 62.5 Å². The number of hydrogen-bond donors (Lipinski definition) is 2. The van der Waals surface area contributed by atoms with E-state index in [4.69, 9.17) is 9.15 Å². The first kappa shape index (κ1) is 26.5. The second-order valence-corrected chi connectivity index (χ2v) is 10.5. The number of halogens is 3. The van der Waals surface area contributed by atoms with Gasteiger partial charge in [0.25, 0.3) is 0 Å². The minimum Gasteiger partial charge on any atom is -0.487 e. The number of ether oxygens (including phenoxy) is 1. The van der Waals surface area contributed by atoms with Crippen LogP contribution in [-0.2, 0) is 12.7 Å². The molecule has 1 saturated heterocycles. The predicted molar refractivity (Wildman–Crippen MR) is 132 cm³/mol. The number of H-pyrrole nitrogens is 1. The van der Waals surface area contributed by atoms with Crippen molar-refractivity contribution in [2.24, 2.45) is 0 Å². The van der Waals surface area contributed by atoms with E-state index in [1.54, 1.807) is 24.0 Å². The summed E-state index contributed by atoms with van der Waals surface area (Å²) < 4.78 is 50.2. The van der Waals surface area contributed by atoms with Gasteiger partial charge in [-0.1, -0.05) is 0 Å². The maximum atomic E-state index is 13.0. The molecule has 0 radical (unpaired) electrons. The summed E-state index contributed by atoms with van der Waals surface area (Å²) >= 11 is 1.63. The molecule has 0 aliphatic carbocycles. The van der Waals surface area contributed by atoms with Crippen molar-refractivity contribution in [2.75, 3.05) is 45.6 Å². The fraction of sp³-hybridized carbons (Fsp3) is 0.462. The first-order chi connectivity index (χ1) is 17.3. The van der Waals surface area contributed by atoms with Crippen LogP contribution in [0.25, 0.3) is 10.9 Å². The van der Waals surface area contributed by atoms with Crippen LogP contribution in [0.2, 0.25) is 0 Å². The number of piperazine rings is 1. The van der Waals surface area contributed by atoms with Crippen molar-refractivity contribution in [3.63, 3.8) is 0 Å². The van der Waals surface area contributed by atoms with Crippen LogP contribution in [0, 0.1) is 0 Å². The van der Waals surface area contributed by atoms with Crippen molar-refractivity contribution >= 4 is 22.7 Å². The van der Waals surface area contributed by atoms with Gasteiger partial charge in [-0.25, -0.2) is 4.98 Å². The van der Waals surface area contributed by atoms with Gasteiger partial charge >= 0.3 is 6.18 Å². The number of aromatic nitrogens is 1. The van der Waals surface area contributed by atoms with Gasteiger partial charge in [0, 0.05) is 23.1 Å². The quantitative estimate of drug-likeness (QED) is 0.314. The van der Waals surface area contributed by atoms with Gasteiger partial charge in [0.1, 0.15) is 39.0 Å². The molecule has 1 aliphatic heterocycles. The summed E-state index contributed by atoms with van der Waals surface area (Å²) in [6.45, 7) is 5.56. The minimum absolute atomic E-state index is 0.146. The largest absolute Gasteiger partial charge is 0.487 e. The highest BCUT2D eigenvalue weighted by molar-refractivity contribution is 7.99. The fourth-order valence-electron chi connectivity index (χ4n) is 4.31. The number of hydrogen-bond acceptors (Lipinski definition) is 4. The van der Waals surface area contributed by atoms with E-state index in [1.807, 2.05) is 6.07 Å². The monoisotopic (exact) mass is 524 g/mol. The molecule has 3 aromatic rings. The van der Waals surface area contributed by atoms with Crippen LogP contribution in [0.3, 0.4) is 0 Å². The Morgan fingerprint density at radius 3 is 2.64 bits per heavy atom. The standard InChI is InChI=1S/C26H30F3N3O3S/c1-31-9-11-32(12-10-31)17-20-16-23(33)24(18-35-20)34-13-3-2-4-14-36-25-7-8-30-22-15-19(26(27,28)29)5-6-21(22)25/h5-8,15-16,18H,2-4,9-14,17H2,1H3/p+3. The molecule has 1 fully saturated rings. The van der Waals surface area contributed by atoms with Gasteiger partial charge in [0.15, 0.2) is 12.0 Å². The van der Waals surface area contributed by atoms with Crippen LogP contribution in [0.1, 0.15) is 30.6 Å². The molecule has 0 spiro atoms. The summed E-state index contributed by atoms with van der Waals surface area (Å²) in [6, 6.07) is 7.22. The second kappa shape index (κ2) is 12.1. The molecule has 36 heavy (non-hydrogen) atoms. The lowest BCUT2D eigenvalue weighted by Gasteiger charge is -2.26. The highest BCUT2D eigenvalue weighted by Gasteiger charge is 2.31. The Bertz CT molecular complexity index is 1210. The molecule has 0 saturated carbocycles. The van der Waals surface area contributed by atoms with Crippen molar-refractivity contribution in [3.05, 3.63) is 64.3 Å². The summed E-state index contributed by atoms with van der Waals surface area (Å²) in [7, 11) is 2.20. The first-order valence-electron chi connectivity index (χ1n) is 12.3. The maximum Gasteiger partial charge on any atom is 0.416 e. The van der Waals surface area contributed by atoms with E-state index < -0.39 is 11.7 Å². The van der Waals surface area contributed by atoms with Gasteiger partial charge in [-0.05, 0) is 37.1 Å². The summed E-state index contributed by atoms with van der Waals surface area (Å²) in [4.78, 5) is 19.2. The number of nitrogens with one attached hydrogen (secondary N) is 3. The molecule has 4 rings (SSSR count). The molecule has 10 heteroatoms. The van der Waals surface area contributed by atoms with Crippen molar-refractivity contribution in [2.45, 2.75) is 36.9 Å². The zero-order chi connectivity index (χ0) is 25.5. The number of likely N-dealkylation sites (N-methyl/N-ethyl adjacent to an activating group) is 1. The van der Waals surface area contributed by atoms with Gasteiger partial charge in [-0.3, -0.25) is 4.79 Å². The first-order valence-corrected chi connectivity index (χ1v) is 13.3. The minimum atomic E-state index is -4.36. The number of pyridine rings is 1. The van der Waals surface area contributed by atoms with Gasteiger partial charge in [0.05, 0.1) is 24.6 Å². The lowest BCUT2D eigenvalue weighted by Crippen LogP contribution is -3.26. The molecule has 3 heterocycles. The normalized spacial score (nSPS) is 18.4. The highest BCUT2D eigenvalue weighted by atomic mass is 32.2. The van der Waals surface area contributed by atoms with Crippen LogP contribution in [0.4, 0.5) is 13.2 Å². The van der Waals surface area contributed by atoms with Crippen LogP contribution in [0.15, 0.2) is 56.9 Å². The smallest absolute Gasteiger partial charge is 0.416 e. The van der Waals surface area contributed by atoms with Gasteiger partial charge in [0.2, 0.25) is 16.7 Å². The molecule has 3 N–H and O–H groups in total. The Morgan fingerprint density at radius 1 is 1.08 bits per heavy atom. The van der Waals surface area contributed by atoms with Crippen molar-refractivity contribution in [1.82, 2.24) is 0 Å². The van der Waals surface area contributed by atoms with Crippen molar-refractivity contribution in [3.8, 4) is 5.75 Å². The number of unbranched alkanes of at least 4 members (excludes halogenated alkanes) is 2. The molecule has 0 bridgehead atoms. The molecule has 0 unspecified atom stereocenters. The van der Waals surface area contributed by atoms with E-state index in [2.05, 4.69) is 12.0 Å². The molecule has 1 aromatic carbocycles. The van der Waals surface area contributed by atoms with Gasteiger partial charge in [-0.2, -0.15) is 13.2 Å². The number of aromatic amines is 1. The summed E-state index contributed by atoms with van der Waals surface area (Å²) in [5, 5.41) is 0.782. The van der Waals surface area contributed by atoms with Crippen LogP contribution >= 0.6 is 11.8 Å². The molecular weight excluding hydrogens is 491 g/mol. The molecular formula is C26H33F3N3O3S+3. The third-order valence-corrected chi connectivity index (χ3v) is 7.64. The van der Waals surface area contributed by atoms with Crippen molar-refractivity contribution < 1.29 is 37.1 Å². The van der Waals surface area contributed by atoms with E-state index in [0.717, 1.165) is 80.2 Å². The number of fused-ring (bicyclic) bond motifs is 1. The second-order valence-electron chi connectivity index (χ2n) is 9.32. The molecule has 0 amide bonds. The van der Waals surface area contributed by atoms with E-state index in [1.165, 1.54) is 22.1 Å². The van der Waals surface area contributed by atoms with E-state index >= 15 is 0 Å². The SMILES string of the molecule is C[NH+]1CC[NH+](Cc2cc(=O)c(OCCCCCSc3cc[nH+]c4cc(C(F)(F)F)ccc34)co2)CC1. The Kier molecular flexibility index (Phi) is 8.92. The summed E-state index contributed by atoms with van der Waals surface area (Å²) in [5.74, 6) is 1.78.